The van der Waals surface area contributed by atoms with Gasteiger partial charge in [-0.3, -0.25) is 0 Å². The minimum atomic E-state index is 0.755. The lowest BCUT2D eigenvalue weighted by Crippen LogP contribution is -2.48. The van der Waals surface area contributed by atoms with Crippen LogP contribution < -0.4 is 5.32 Å². The highest BCUT2D eigenvalue weighted by Gasteiger charge is 2.40. The molecule has 0 saturated heterocycles. The van der Waals surface area contributed by atoms with E-state index in [9.17, 15) is 0 Å². The highest BCUT2D eigenvalue weighted by atomic mass is 79.9. The number of hydrogen-bond donors (Lipinski definition) is 1. The molecule has 2 rings (SSSR count). The Kier molecular flexibility index (Phi) is 3.86. The maximum absolute atomic E-state index is 3.58. The van der Waals surface area contributed by atoms with E-state index in [0.29, 0.717) is 0 Å². The van der Waals surface area contributed by atoms with E-state index in [0.717, 1.165) is 24.4 Å². The lowest BCUT2D eigenvalue weighted by molar-refractivity contribution is 0.165. The van der Waals surface area contributed by atoms with E-state index in [-0.39, 0.29) is 0 Å². The molecule has 1 heterocycles. The second-order valence-electron chi connectivity index (χ2n) is 4.25. The van der Waals surface area contributed by atoms with Gasteiger partial charge in [0.25, 0.3) is 0 Å². The molecule has 0 bridgehead atoms. The van der Waals surface area contributed by atoms with Crippen LogP contribution in [0.15, 0.2) is 15.9 Å². The van der Waals surface area contributed by atoms with E-state index in [2.05, 4.69) is 46.5 Å². The lowest BCUT2D eigenvalue weighted by atomic mass is 9.67. The van der Waals surface area contributed by atoms with Crippen molar-refractivity contribution in [3.05, 3.63) is 20.8 Å². The summed E-state index contributed by atoms with van der Waals surface area (Å²) in [5, 5.41) is 5.78. The third-order valence-corrected chi connectivity index (χ3v) is 5.26. The largest absolute Gasteiger partial charge is 0.314 e. The molecule has 0 aromatic carbocycles. The first-order chi connectivity index (χ1) is 7.26. The van der Waals surface area contributed by atoms with Gasteiger partial charge < -0.3 is 5.32 Å². The molecule has 3 heteroatoms. The molecule has 0 spiro atoms. The van der Waals surface area contributed by atoms with Gasteiger partial charge in [-0.15, -0.1) is 11.3 Å². The number of nitrogens with one attached hydrogen (secondary N) is 1. The second-order valence-corrected chi connectivity index (χ2v) is 6.10. The molecule has 0 aliphatic heterocycles. The summed E-state index contributed by atoms with van der Waals surface area (Å²) in [5.41, 5.74) is 0. The fraction of sp³-hybridized carbons (Fsp3) is 0.667. The smallest absolute Gasteiger partial charge is 0.0285 e. The fourth-order valence-electron chi connectivity index (χ4n) is 2.62. The Morgan fingerprint density at radius 1 is 1.53 bits per heavy atom. The van der Waals surface area contributed by atoms with E-state index < -0.39 is 0 Å². The summed E-state index contributed by atoms with van der Waals surface area (Å²) in [7, 11) is 0. The Labute approximate surface area is 104 Å². The summed E-state index contributed by atoms with van der Waals surface area (Å²) >= 11 is 5.43. The molecule has 1 N–H and O–H groups in total. The number of halogens is 1. The van der Waals surface area contributed by atoms with Gasteiger partial charge in [0, 0.05) is 20.8 Å². The van der Waals surface area contributed by atoms with Crippen molar-refractivity contribution >= 4 is 27.3 Å². The van der Waals surface area contributed by atoms with E-state index >= 15 is 0 Å². The van der Waals surface area contributed by atoms with Crippen molar-refractivity contribution in [3.63, 3.8) is 0 Å². The molecular weight excluding hydrogens is 270 g/mol. The standard InChI is InChI=1S/C12H18BrNS/c1-3-9-10(6-11(9)14-4-2)12-5-8(13)7-15-12/h5,7,9-11,14H,3-4,6H2,1-2H3. The van der Waals surface area contributed by atoms with Crippen molar-refractivity contribution in [2.24, 2.45) is 5.92 Å². The normalized spacial score (nSPS) is 30.2. The third kappa shape index (κ3) is 2.29. The maximum Gasteiger partial charge on any atom is 0.0285 e. The van der Waals surface area contributed by atoms with Crippen LogP contribution in [0, 0.1) is 5.92 Å². The summed E-state index contributed by atoms with van der Waals surface area (Å²) in [5.74, 6) is 1.64. The van der Waals surface area contributed by atoms with Gasteiger partial charge in [0.15, 0.2) is 0 Å². The topological polar surface area (TPSA) is 12.0 Å². The Balaban J connectivity index is 2.01. The first-order valence-electron chi connectivity index (χ1n) is 5.73. The Morgan fingerprint density at radius 3 is 2.87 bits per heavy atom. The average molecular weight is 288 g/mol. The molecule has 1 aliphatic carbocycles. The number of rotatable bonds is 4. The minimum absolute atomic E-state index is 0.755. The van der Waals surface area contributed by atoms with Gasteiger partial charge in [-0.25, -0.2) is 0 Å². The van der Waals surface area contributed by atoms with Gasteiger partial charge in [0.1, 0.15) is 0 Å². The van der Waals surface area contributed by atoms with Crippen LogP contribution >= 0.6 is 27.3 Å². The zero-order chi connectivity index (χ0) is 10.8. The summed E-state index contributed by atoms with van der Waals surface area (Å²) in [6, 6.07) is 3.05. The highest BCUT2D eigenvalue weighted by Crippen LogP contribution is 2.46. The van der Waals surface area contributed by atoms with Crippen molar-refractivity contribution in [1.82, 2.24) is 5.32 Å². The quantitative estimate of drug-likeness (QED) is 0.883. The van der Waals surface area contributed by atoms with E-state index in [1.54, 1.807) is 4.88 Å². The predicted octanol–water partition coefficient (Wildman–Crippen LogP) is 4.00. The molecular formula is C12H18BrNS. The zero-order valence-corrected chi connectivity index (χ0v) is 11.7. The van der Waals surface area contributed by atoms with Crippen LogP contribution in [0.2, 0.25) is 0 Å². The van der Waals surface area contributed by atoms with Crippen molar-refractivity contribution in [2.75, 3.05) is 6.54 Å². The summed E-state index contributed by atoms with van der Waals surface area (Å²) in [6.45, 7) is 5.60. The van der Waals surface area contributed by atoms with Crippen LogP contribution in [0.3, 0.4) is 0 Å². The molecule has 1 nitrogen and oxygen atoms in total. The number of thiophene rings is 1. The van der Waals surface area contributed by atoms with Gasteiger partial charge in [-0.1, -0.05) is 20.3 Å². The zero-order valence-electron chi connectivity index (χ0n) is 9.29. The second kappa shape index (κ2) is 4.98. The van der Waals surface area contributed by atoms with Crippen molar-refractivity contribution in [1.29, 1.82) is 0 Å². The molecule has 0 amide bonds. The summed E-state index contributed by atoms with van der Waals surface area (Å²) < 4.78 is 1.24. The Hall–Kier alpha value is 0.140. The van der Waals surface area contributed by atoms with E-state index in [1.165, 1.54) is 17.3 Å². The van der Waals surface area contributed by atoms with E-state index in [4.69, 9.17) is 0 Å². The van der Waals surface area contributed by atoms with Crippen LogP contribution in [0.1, 0.15) is 37.5 Å². The first-order valence-corrected chi connectivity index (χ1v) is 7.40. The van der Waals surface area contributed by atoms with Crippen LogP contribution in [-0.2, 0) is 0 Å². The van der Waals surface area contributed by atoms with E-state index in [1.807, 2.05) is 11.3 Å². The van der Waals surface area contributed by atoms with Crippen LogP contribution in [0.4, 0.5) is 0 Å². The van der Waals surface area contributed by atoms with Crippen LogP contribution in [-0.4, -0.2) is 12.6 Å². The fourth-order valence-corrected chi connectivity index (χ4v) is 4.26. The molecule has 1 aromatic rings. The number of hydrogen-bond acceptors (Lipinski definition) is 2. The first kappa shape index (κ1) is 11.6. The van der Waals surface area contributed by atoms with Gasteiger partial charge in [-0.05, 0) is 46.8 Å². The average Bonchev–Trinajstić information content (AvgIpc) is 2.59. The molecule has 3 atom stereocenters. The Morgan fingerprint density at radius 2 is 2.33 bits per heavy atom. The third-order valence-electron chi connectivity index (χ3n) is 3.43. The summed E-state index contributed by atoms with van der Waals surface area (Å²) in [6.07, 6.45) is 2.61. The van der Waals surface area contributed by atoms with Crippen LogP contribution in [0.25, 0.3) is 0 Å². The van der Waals surface area contributed by atoms with Gasteiger partial charge in [0.2, 0.25) is 0 Å². The van der Waals surface area contributed by atoms with Gasteiger partial charge in [0.05, 0.1) is 0 Å². The molecule has 1 aromatic heterocycles. The molecule has 84 valence electrons. The van der Waals surface area contributed by atoms with Crippen molar-refractivity contribution in [2.45, 2.75) is 38.6 Å². The molecule has 0 radical (unpaired) electrons. The van der Waals surface area contributed by atoms with Crippen LogP contribution in [0.5, 0.6) is 0 Å². The van der Waals surface area contributed by atoms with Gasteiger partial charge in [-0.2, -0.15) is 0 Å². The highest BCUT2D eigenvalue weighted by molar-refractivity contribution is 9.10. The molecule has 1 saturated carbocycles. The molecule has 1 aliphatic rings. The lowest BCUT2D eigenvalue weighted by Gasteiger charge is -2.44. The minimum Gasteiger partial charge on any atom is -0.314 e. The van der Waals surface area contributed by atoms with Crippen molar-refractivity contribution in [3.8, 4) is 0 Å². The van der Waals surface area contributed by atoms with Gasteiger partial charge >= 0.3 is 0 Å². The molecule has 3 unspecified atom stereocenters. The predicted molar refractivity (Wildman–Crippen MR) is 70.6 cm³/mol. The Bertz CT molecular complexity index is 323. The van der Waals surface area contributed by atoms with Crippen molar-refractivity contribution < 1.29 is 0 Å². The SMILES string of the molecule is CCNC1CC(c2cc(Br)cs2)C1CC. The maximum atomic E-state index is 3.58. The monoisotopic (exact) mass is 287 g/mol. The molecule has 1 fully saturated rings. The molecule has 15 heavy (non-hydrogen) atoms. The summed E-state index contributed by atoms with van der Waals surface area (Å²) in [4.78, 5) is 1.56.